The number of nitrogens with one attached hydrogen (secondary N) is 2. The molecule has 88 valence electrons. The van der Waals surface area contributed by atoms with Gasteiger partial charge in [-0.3, -0.25) is 0 Å². The van der Waals surface area contributed by atoms with Gasteiger partial charge < -0.3 is 10.3 Å². The van der Waals surface area contributed by atoms with Gasteiger partial charge in [-0.2, -0.15) is 0 Å². The van der Waals surface area contributed by atoms with Crippen molar-refractivity contribution >= 4 is 27.5 Å². The van der Waals surface area contributed by atoms with Crippen molar-refractivity contribution in [3.63, 3.8) is 0 Å². The van der Waals surface area contributed by atoms with Crippen molar-refractivity contribution in [1.29, 1.82) is 0 Å². The Morgan fingerprint density at radius 3 is 3.06 bits per heavy atom. The van der Waals surface area contributed by atoms with Crippen LogP contribution in [0.25, 0.3) is 11.4 Å². The van der Waals surface area contributed by atoms with Crippen LogP contribution < -0.4 is 5.32 Å². The van der Waals surface area contributed by atoms with Crippen LogP contribution in [0, 0.1) is 0 Å². The summed E-state index contributed by atoms with van der Waals surface area (Å²) < 4.78 is 1.00. The Morgan fingerprint density at radius 1 is 1.35 bits per heavy atom. The zero-order valence-corrected chi connectivity index (χ0v) is 11.4. The minimum absolute atomic E-state index is 0.715. The molecule has 17 heavy (non-hydrogen) atoms. The van der Waals surface area contributed by atoms with E-state index in [1.54, 1.807) is 0 Å². The number of nitrogens with zero attached hydrogens (tertiary/aromatic N) is 1. The second-order valence-corrected chi connectivity index (χ2v) is 5.38. The summed E-state index contributed by atoms with van der Waals surface area (Å²) in [5, 5.41) is 4.03. The summed E-state index contributed by atoms with van der Waals surface area (Å²) in [5.74, 6) is 0.852. The molecule has 2 N–H and O–H groups in total. The lowest BCUT2D eigenvalue weighted by Gasteiger charge is -2.09. The highest BCUT2D eigenvalue weighted by Gasteiger charge is 2.16. The molecule has 1 aromatic carbocycles. The van der Waals surface area contributed by atoms with E-state index in [0.717, 1.165) is 41.1 Å². The molecular formula is C12H11BrClN3. The molecule has 0 saturated heterocycles. The monoisotopic (exact) mass is 311 g/mol. The van der Waals surface area contributed by atoms with Gasteiger partial charge in [0.1, 0.15) is 5.82 Å². The van der Waals surface area contributed by atoms with E-state index in [1.165, 1.54) is 5.69 Å². The van der Waals surface area contributed by atoms with Gasteiger partial charge in [0, 0.05) is 29.5 Å². The molecule has 1 aliphatic heterocycles. The molecule has 3 nitrogen and oxygen atoms in total. The first-order chi connectivity index (χ1) is 8.24. The number of H-pyrrole nitrogens is 1. The minimum atomic E-state index is 0.715. The number of hydrogen-bond donors (Lipinski definition) is 2. The number of hydrogen-bond acceptors (Lipinski definition) is 2. The molecule has 2 aromatic rings. The first-order valence-corrected chi connectivity index (χ1v) is 6.65. The molecule has 2 heterocycles. The van der Waals surface area contributed by atoms with Gasteiger partial charge in [0.2, 0.25) is 0 Å². The van der Waals surface area contributed by atoms with Crippen molar-refractivity contribution in [3.05, 3.63) is 39.1 Å². The molecule has 0 radical (unpaired) electrons. The Balaban J connectivity index is 2.08. The van der Waals surface area contributed by atoms with Crippen molar-refractivity contribution in [1.82, 2.24) is 15.3 Å². The fraction of sp³-hybridized carbons (Fsp3) is 0.250. The average molecular weight is 313 g/mol. The van der Waals surface area contributed by atoms with E-state index < -0.39 is 0 Å². The van der Waals surface area contributed by atoms with Gasteiger partial charge in [-0.25, -0.2) is 4.98 Å². The van der Waals surface area contributed by atoms with E-state index in [9.17, 15) is 0 Å². The predicted molar refractivity (Wildman–Crippen MR) is 72.1 cm³/mol. The lowest BCUT2D eigenvalue weighted by Crippen LogP contribution is -2.23. The maximum absolute atomic E-state index is 6.20. The molecule has 0 spiro atoms. The molecule has 0 fully saturated rings. The fourth-order valence-corrected chi connectivity index (χ4v) is 2.59. The first-order valence-electron chi connectivity index (χ1n) is 5.48. The minimum Gasteiger partial charge on any atom is -0.341 e. The van der Waals surface area contributed by atoms with Crippen molar-refractivity contribution in [2.75, 3.05) is 6.54 Å². The number of aromatic amines is 1. The highest BCUT2D eigenvalue weighted by atomic mass is 79.9. The summed E-state index contributed by atoms with van der Waals surface area (Å²) in [6, 6.07) is 5.79. The van der Waals surface area contributed by atoms with Crippen molar-refractivity contribution in [3.8, 4) is 11.4 Å². The smallest absolute Gasteiger partial charge is 0.139 e. The van der Waals surface area contributed by atoms with Crippen LogP contribution in [0.1, 0.15) is 11.4 Å². The molecule has 0 saturated carbocycles. The number of halogens is 2. The van der Waals surface area contributed by atoms with Gasteiger partial charge in [0.15, 0.2) is 0 Å². The van der Waals surface area contributed by atoms with E-state index in [-0.39, 0.29) is 0 Å². The van der Waals surface area contributed by atoms with Gasteiger partial charge in [-0.15, -0.1) is 0 Å². The Labute approximate surface area is 113 Å². The quantitative estimate of drug-likeness (QED) is 0.849. The number of benzene rings is 1. The molecular weight excluding hydrogens is 302 g/mol. The molecule has 1 aromatic heterocycles. The van der Waals surface area contributed by atoms with E-state index >= 15 is 0 Å². The van der Waals surface area contributed by atoms with Gasteiger partial charge in [0.25, 0.3) is 0 Å². The number of aromatic nitrogens is 2. The maximum atomic E-state index is 6.20. The van der Waals surface area contributed by atoms with E-state index in [4.69, 9.17) is 11.6 Å². The van der Waals surface area contributed by atoms with Crippen LogP contribution in [0.3, 0.4) is 0 Å². The van der Waals surface area contributed by atoms with Crippen molar-refractivity contribution in [2.45, 2.75) is 13.0 Å². The third kappa shape index (κ3) is 2.12. The summed E-state index contributed by atoms with van der Waals surface area (Å²) in [7, 11) is 0. The van der Waals surface area contributed by atoms with E-state index in [0.29, 0.717) is 5.02 Å². The van der Waals surface area contributed by atoms with E-state index in [2.05, 4.69) is 31.2 Å². The van der Waals surface area contributed by atoms with Crippen LogP contribution in [0.4, 0.5) is 0 Å². The fourth-order valence-electron chi connectivity index (χ4n) is 2.03. The summed E-state index contributed by atoms with van der Waals surface area (Å²) in [6.45, 7) is 1.84. The molecule has 5 heteroatoms. The Bertz CT molecular complexity index is 541. The van der Waals surface area contributed by atoms with Gasteiger partial charge in [0.05, 0.1) is 16.4 Å². The SMILES string of the molecule is Clc1ccc(Br)cc1-c1nc2c([nH]1)CNCC2. The van der Waals surface area contributed by atoms with Gasteiger partial charge >= 0.3 is 0 Å². The summed E-state index contributed by atoms with van der Waals surface area (Å²) in [5.41, 5.74) is 3.26. The van der Waals surface area contributed by atoms with Crippen LogP contribution in [0.15, 0.2) is 22.7 Å². The van der Waals surface area contributed by atoms with Crippen LogP contribution in [0.5, 0.6) is 0 Å². The van der Waals surface area contributed by atoms with Crippen molar-refractivity contribution in [2.24, 2.45) is 0 Å². The number of imidazole rings is 1. The van der Waals surface area contributed by atoms with Gasteiger partial charge in [-0.1, -0.05) is 27.5 Å². The molecule has 1 aliphatic rings. The Morgan fingerprint density at radius 2 is 2.24 bits per heavy atom. The maximum Gasteiger partial charge on any atom is 0.139 e. The lowest BCUT2D eigenvalue weighted by atomic mass is 10.2. The third-order valence-corrected chi connectivity index (χ3v) is 3.71. The Kier molecular flexibility index (Phi) is 2.94. The number of fused-ring (bicyclic) bond motifs is 1. The highest BCUT2D eigenvalue weighted by molar-refractivity contribution is 9.10. The second kappa shape index (κ2) is 4.44. The normalized spacial score (nSPS) is 14.7. The van der Waals surface area contributed by atoms with E-state index in [1.807, 2.05) is 18.2 Å². The van der Waals surface area contributed by atoms with Crippen LogP contribution in [-0.2, 0) is 13.0 Å². The molecule has 0 bridgehead atoms. The Hall–Kier alpha value is -0.840. The summed E-state index contributed by atoms with van der Waals surface area (Å²) in [4.78, 5) is 7.96. The molecule has 0 atom stereocenters. The van der Waals surface area contributed by atoms with Crippen LogP contribution in [-0.4, -0.2) is 16.5 Å². The molecule has 0 unspecified atom stereocenters. The summed E-state index contributed by atoms with van der Waals surface area (Å²) in [6.07, 6.45) is 0.970. The zero-order valence-electron chi connectivity index (χ0n) is 9.06. The second-order valence-electron chi connectivity index (χ2n) is 4.06. The molecule has 0 aliphatic carbocycles. The highest BCUT2D eigenvalue weighted by Crippen LogP contribution is 2.30. The van der Waals surface area contributed by atoms with Crippen molar-refractivity contribution < 1.29 is 0 Å². The summed E-state index contributed by atoms with van der Waals surface area (Å²) >= 11 is 9.65. The topological polar surface area (TPSA) is 40.7 Å². The first kappa shape index (κ1) is 11.3. The lowest BCUT2D eigenvalue weighted by molar-refractivity contribution is 0.627. The number of rotatable bonds is 1. The van der Waals surface area contributed by atoms with Gasteiger partial charge in [-0.05, 0) is 18.2 Å². The zero-order chi connectivity index (χ0) is 11.8. The van der Waals surface area contributed by atoms with Crippen LogP contribution >= 0.6 is 27.5 Å². The molecule has 3 rings (SSSR count). The molecule has 0 amide bonds. The standard InChI is InChI=1S/C12H11BrClN3/c13-7-1-2-9(14)8(5-7)12-16-10-3-4-15-6-11(10)17-12/h1-2,5,15H,3-4,6H2,(H,16,17). The largest absolute Gasteiger partial charge is 0.341 e. The third-order valence-electron chi connectivity index (χ3n) is 2.89. The average Bonchev–Trinajstić information content (AvgIpc) is 2.75. The van der Waals surface area contributed by atoms with Crippen LogP contribution in [0.2, 0.25) is 5.02 Å². The predicted octanol–water partition coefficient (Wildman–Crippen LogP) is 3.14.